The van der Waals surface area contributed by atoms with Crippen molar-refractivity contribution >= 4 is 17.2 Å². The molecule has 0 bridgehead atoms. The second-order valence-corrected chi connectivity index (χ2v) is 3.14. The first kappa shape index (κ1) is 10.9. The zero-order chi connectivity index (χ0) is 10.6. The summed E-state index contributed by atoms with van der Waals surface area (Å²) >= 11 is 4.83. The molecule has 78 valence electrons. The van der Waals surface area contributed by atoms with E-state index in [9.17, 15) is 0 Å². The Bertz CT molecular complexity index is 324. The van der Waals surface area contributed by atoms with Crippen LogP contribution >= 0.6 is 12.2 Å². The number of ether oxygens (including phenoxy) is 2. The second kappa shape index (κ2) is 4.92. The minimum absolute atomic E-state index is 0.307. The Labute approximate surface area is 87.8 Å². The number of nitrogens with zero attached hydrogens (tertiary/aromatic N) is 2. The molecule has 0 unspecified atom stereocenters. The van der Waals surface area contributed by atoms with Gasteiger partial charge in [0.25, 0.3) is 0 Å². The molecule has 0 amide bonds. The molecular weight excluding hydrogens is 202 g/mol. The number of thiocarbonyl (C=S) groups is 1. The molecule has 0 atom stereocenters. The first-order chi connectivity index (χ1) is 6.65. The second-order valence-electron chi connectivity index (χ2n) is 2.70. The summed E-state index contributed by atoms with van der Waals surface area (Å²) in [5.41, 5.74) is 6.16. The number of aromatic nitrogens is 2. The third-order valence-electron chi connectivity index (χ3n) is 1.65. The molecule has 0 radical (unpaired) electrons. The van der Waals surface area contributed by atoms with Crippen LogP contribution in [-0.4, -0.2) is 35.1 Å². The van der Waals surface area contributed by atoms with Crippen molar-refractivity contribution in [1.29, 1.82) is 0 Å². The van der Waals surface area contributed by atoms with Gasteiger partial charge in [-0.15, -0.1) is 5.10 Å². The number of aryl methyl sites for hydroxylation is 1. The average Bonchev–Trinajstić information content (AvgIpc) is 2.47. The molecule has 14 heavy (non-hydrogen) atoms. The molecule has 5 nitrogen and oxygen atoms in total. The maximum absolute atomic E-state index is 5.47. The summed E-state index contributed by atoms with van der Waals surface area (Å²) in [5.74, 6) is 0.507. The van der Waals surface area contributed by atoms with Gasteiger partial charge in [0.05, 0.1) is 12.3 Å². The zero-order valence-corrected chi connectivity index (χ0v) is 9.00. The van der Waals surface area contributed by atoms with Crippen molar-refractivity contribution in [1.82, 2.24) is 9.78 Å². The number of hydrogen-bond donors (Lipinski definition) is 1. The molecule has 0 aliphatic carbocycles. The van der Waals surface area contributed by atoms with Gasteiger partial charge in [-0.2, -0.15) is 0 Å². The molecule has 6 heteroatoms. The van der Waals surface area contributed by atoms with Crippen LogP contribution in [0.4, 0.5) is 0 Å². The fourth-order valence-corrected chi connectivity index (χ4v) is 1.16. The summed E-state index contributed by atoms with van der Waals surface area (Å²) in [6.07, 6.45) is 0. The number of hydrogen-bond acceptors (Lipinski definition) is 4. The first-order valence-corrected chi connectivity index (χ1v) is 4.51. The normalized spacial score (nSPS) is 10.1. The largest absolute Gasteiger partial charge is 0.474 e. The van der Waals surface area contributed by atoms with Crippen molar-refractivity contribution < 1.29 is 9.47 Å². The Morgan fingerprint density at radius 1 is 1.64 bits per heavy atom. The monoisotopic (exact) mass is 215 g/mol. The Balaban J connectivity index is 2.62. The summed E-state index contributed by atoms with van der Waals surface area (Å²) in [5, 5.41) is 4.08. The van der Waals surface area contributed by atoms with E-state index in [0.29, 0.717) is 29.8 Å². The van der Waals surface area contributed by atoms with Crippen LogP contribution in [0.5, 0.6) is 5.88 Å². The lowest BCUT2D eigenvalue weighted by molar-refractivity contribution is 0.143. The fourth-order valence-electron chi connectivity index (χ4n) is 0.972. The molecule has 0 fully saturated rings. The summed E-state index contributed by atoms with van der Waals surface area (Å²) in [4.78, 5) is 0.307. The van der Waals surface area contributed by atoms with Gasteiger partial charge >= 0.3 is 0 Å². The van der Waals surface area contributed by atoms with E-state index in [0.717, 1.165) is 0 Å². The van der Waals surface area contributed by atoms with E-state index in [2.05, 4.69) is 5.10 Å². The molecule has 1 rings (SSSR count). The van der Waals surface area contributed by atoms with Crippen LogP contribution in [0, 0.1) is 0 Å². The summed E-state index contributed by atoms with van der Waals surface area (Å²) in [6.45, 7) is 0.989. The standard InChI is InChI=1S/C8H13N3O2S/c1-11-6(8(9)14)5-7(10-11)13-4-3-12-2/h5H,3-4H2,1-2H3,(H2,9,14). The highest BCUT2D eigenvalue weighted by atomic mass is 32.1. The van der Waals surface area contributed by atoms with Gasteiger partial charge in [0, 0.05) is 20.2 Å². The smallest absolute Gasteiger partial charge is 0.233 e. The quantitative estimate of drug-likeness (QED) is 0.556. The van der Waals surface area contributed by atoms with Gasteiger partial charge < -0.3 is 15.2 Å². The predicted molar refractivity (Wildman–Crippen MR) is 56.5 cm³/mol. The van der Waals surface area contributed by atoms with Gasteiger partial charge in [0.2, 0.25) is 5.88 Å². The van der Waals surface area contributed by atoms with E-state index in [1.165, 1.54) is 0 Å². The van der Waals surface area contributed by atoms with E-state index >= 15 is 0 Å². The Kier molecular flexibility index (Phi) is 3.84. The van der Waals surface area contributed by atoms with E-state index in [1.54, 1.807) is 24.9 Å². The molecule has 1 heterocycles. The van der Waals surface area contributed by atoms with E-state index in [1.807, 2.05) is 0 Å². The SMILES string of the molecule is COCCOc1cc(C(N)=S)n(C)n1. The van der Waals surface area contributed by atoms with Crippen LogP contribution in [0.15, 0.2) is 6.07 Å². The molecule has 0 aliphatic heterocycles. The average molecular weight is 215 g/mol. The van der Waals surface area contributed by atoms with Crippen LogP contribution in [0.2, 0.25) is 0 Å². The van der Waals surface area contributed by atoms with Crippen molar-refractivity contribution in [2.75, 3.05) is 20.3 Å². The number of methoxy groups -OCH3 is 1. The first-order valence-electron chi connectivity index (χ1n) is 4.10. The number of rotatable bonds is 5. The van der Waals surface area contributed by atoms with Crippen LogP contribution in [-0.2, 0) is 11.8 Å². The van der Waals surface area contributed by atoms with Crippen molar-refractivity contribution in [2.45, 2.75) is 0 Å². The summed E-state index contributed by atoms with van der Waals surface area (Å²) in [7, 11) is 3.37. The zero-order valence-electron chi connectivity index (χ0n) is 8.19. The van der Waals surface area contributed by atoms with Crippen LogP contribution < -0.4 is 10.5 Å². The Hall–Kier alpha value is -1.14. The van der Waals surface area contributed by atoms with Gasteiger partial charge in [0.15, 0.2) is 0 Å². The molecule has 1 aromatic rings. The van der Waals surface area contributed by atoms with Crippen molar-refractivity contribution in [3.8, 4) is 5.88 Å². The molecule has 1 aromatic heterocycles. The minimum atomic E-state index is 0.307. The van der Waals surface area contributed by atoms with E-state index in [4.69, 9.17) is 27.4 Å². The van der Waals surface area contributed by atoms with Gasteiger partial charge in [-0.1, -0.05) is 12.2 Å². The molecule has 0 aliphatic rings. The fraction of sp³-hybridized carbons (Fsp3) is 0.500. The topological polar surface area (TPSA) is 62.3 Å². The van der Waals surface area contributed by atoms with Gasteiger partial charge in [0.1, 0.15) is 11.6 Å². The lowest BCUT2D eigenvalue weighted by Gasteiger charge is -1.99. The predicted octanol–water partition coefficient (Wildman–Crippen LogP) is 0.0795. The lowest BCUT2D eigenvalue weighted by Crippen LogP contribution is -2.14. The third kappa shape index (κ3) is 2.68. The van der Waals surface area contributed by atoms with Crippen molar-refractivity contribution in [2.24, 2.45) is 12.8 Å². The third-order valence-corrected chi connectivity index (χ3v) is 1.86. The van der Waals surface area contributed by atoms with Crippen LogP contribution in [0.1, 0.15) is 5.69 Å². The van der Waals surface area contributed by atoms with Crippen LogP contribution in [0.3, 0.4) is 0 Å². The molecule has 2 N–H and O–H groups in total. The molecule has 0 saturated heterocycles. The summed E-state index contributed by atoms with van der Waals surface area (Å²) in [6, 6.07) is 1.71. The van der Waals surface area contributed by atoms with Crippen LogP contribution in [0.25, 0.3) is 0 Å². The Morgan fingerprint density at radius 3 is 2.86 bits per heavy atom. The maximum Gasteiger partial charge on any atom is 0.233 e. The minimum Gasteiger partial charge on any atom is -0.474 e. The lowest BCUT2D eigenvalue weighted by atomic mass is 10.4. The van der Waals surface area contributed by atoms with Gasteiger partial charge in [-0.05, 0) is 0 Å². The summed E-state index contributed by atoms with van der Waals surface area (Å²) < 4.78 is 11.7. The number of nitrogens with two attached hydrogens (primary N) is 1. The highest BCUT2D eigenvalue weighted by Crippen LogP contribution is 2.10. The molecule has 0 saturated carbocycles. The Morgan fingerprint density at radius 2 is 2.36 bits per heavy atom. The highest BCUT2D eigenvalue weighted by Gasteiger charge is 2.07. The maximum atomic E-state index is 5.47. The highest BCUT2D eigenvalue weighted by molar-refractivity contribution is 7.80. The van der Waals surface area contributed by atoms with Gasteiger partial charge in [-0.3, -0.25) is 4.68 Å². The van der Waals surface area contributed by atoms with E-state index in [-0.39, 0.29) is 0 Å². The molecule has 0 aromatic carbocycles. The van der Waals surface area contributed by atoms with E-state index < -0.39 is 0 Å². The van der Waals surface area contributed by atoms with Crippen molar-refractivity contribution in [3.63, 3.8) is 0 Å². The van der Waals surface area contributed by atoms with Gasteiger partial charge in [-0.25, -0.2) is 0 Å². The van der Waals surface area contributed by atoms with Crippen molar-refractivity contribution in [3.05, 3.63) is 11.8 Å². The molecule has 0 spiro atoms. The molecular formula is C8H13N3O2S.